The molecule has 15 rings (SSSR count). The van der Waals surface area contributed by atoms with Crippen LogP contribution in [0.1, 0.15) is 176 Å². The van der Waals surface area contributed by atoms with Gasteiger partial charge in [-0.3, -0.25) is 48.5 Å². The Morgan fingerprint density at radius 2 is 1.16 bits per heavy atom. The number of aromatic carboxylic acids is 1. The Labute approximate surface area is 698 Å². The number of unbranched alkanes of at least 4 members (excludes halogenated alkanes) is 7. The summed E-state index contributed by atoms with van der Waals surface area (Å²) in [5.74, 6) is -0.912. The molecule has 0 spiro atoms. The van der Waals surface area contributed by atoms with Crippen molar-refractivity contribution in [3.05, 3.63) is 257 Å². The van der Waals surface area contributed by atoms with Crippen molar-refractivity contribution >= 4 is 162 Å². The van der Waals surface area contributed by atoms with Crippen LogP contribution in [-0.2, 0) is 37.1 Å². The highest BCUT2D eigenvalue weighted by Crippen LogP contribution is 2.54. The fraction of sp³-hybridized carbons (Fsp3) is 0.304. The van der Waals surface area contributed by atoms with Gasteiger partial charge in [0.25, 0.3) is 17.4 Å². The summed E-state index contributed by atoms with van der Waals surface area (Å²) in [6, 6.07) is 54.0. The molecule has 2 saturated heterocycles. The number of anilines is 4. The van der Waals surface area contributed by atoms with E-state index in [1.807, 2.05) is 97.0 Å². The largest absolute Gasteiger partial charge is 0.494 e. The number of carboxylic acids is 2. The molecule has 116 heavy (non-hydrogen) atoms. The molecule has 19 nitrogen and oxygen atoms in total. The van der Waals surface area contributed by atoms with Gasteiger partial charge >= 0.3 is 11.9 Å². The molecule has 7 heterocycles. The predicted molar refractivity (Wildman–Crippen MR) is 470 cm³/mol. The Morgan fingerprint density at radius 3 is 1.75 bits per heavy atom. The van der Waals surface area contributed by atoms with Gasteiger partial charge in [0.15, 0.2) is 31.3 Å². The number of hydrogen-bond acceptors (Lipinski definition) is 16. The molecule has 2 aliphatic carbocycles. The summed E-state index contributed by atoms with van der Waals surface area (Å²) in [7, 11) is 1.62. The zero-order chi connectivity index (χ0) is 80.3. The number of aliphatic carboxylic acids is 1. The molecule has 6 aliphatic rings. The average Bonchev–Trinajstić information content (AvgIpc) is 1.59. The molecule has 594 valence electrons. The molecule has 4 N–H and O–H groups in total. The number of amides is 3. The van der Waals surface area contributed by atoms with Crippen molar-refractivity contribution < 1.29 is 52.9 Å². The Bertz CT molecular complexity index is 5500. The summed E-state index contributed by atoms with van der Waals surface area (Å²) in [5.41, 5.74) is 18.1. The van der Waals surface area contributed by atoms with Gasteiger partial charge in [-0.1, -0.05) is 184 Å². The highest BCUT2D eigenvalue weighted by Gasteiger charge is 2.44. The number of nitrogens with zero attached hydrogens (tertiary/aromatic N) is 7. The van der Waals surface area contributed by atoms with Crippen LogP contribution in [0.15, 0.2) is 192 Å². The van der Waals surface area contributed by atoms with Crippen molar-refractivity contribution in [1.82, 2.24) is 25.2 Å². The predicted octanol–water partition coefficient (Wildman–Crippen LogP) is 15.9. The number of ether oxygens (including phenoxy) is 1. The van der Waals surface area contributed by atoms with Crippen LogP contribution >= 0.6 is 59.3 Å². The van der Waals surface area contributed by atoms with Crippen molar-refractivity contribution in [1.29, 1.82) is 0 Å². The van der Waals surface area contributed by atoms with E-state index < -0.39 is 24.0 Å². The third-order valence-corrected chi connectivity index (χ3v) is 26.8. The van der Waals surface area contributed by atoms with Crippen LogP contribution in [0, 0.1) is 0 Å². The van der Waals surface area contributed by atoms with Gasteiger partial charge < -0.3 is 24.7 Å². The molecule has 24 heteroatoms. The minimum atomic E-state index is -0.941. The molecule has 4 aliphatic heterocycles. The van der Waals surface area contributed by atoms with Gasteiger partial charge in [0.1, 0.15) is 30.5 Å². The van der Waals surface area contributed by atoms with Crippen molar-refractivity contribution in [2.24, 2.45) is 0 Å². The first-order valence-electron chi connectivity index (χ1n) is 40.0. The van der Waals surface area contributed by atoms with E-state index in [9.17, 15) is 33.9 Å². The number of rotatable bonds is 33. The quantitative estimate of drug-likeness (QED) is 0.00752. The van der Waals surface area contributed by atoms with Crippen molar-refractivity contribution in [3.63, 3.8) is 0 Å². The SMILES string of the molecule is CC(NC(=O)Cn1c(=O)/c(=C\c2ccc3c(c2)C2CCCC2N3c2ccc(/C=C/c3cccc(OCCCCCCCCCCC(=O)O)c3)cc2)s/c1=C1/SC(=S)N(C)C1=O)[n+]1ccc(-c2cc[n+](CCNOCCN3C(=O)/C(=C\c4ccc5c(c4)C4CCCC4N5c4ccc(/C=C/c5ccc(C(=O)O)cc5)cc4)SC3=S)cc2)cc1. The van der Waals surface area contributed by atoms with E-state index in [4.69, 9.17) is 39.1 Å². The van der Waals surface area contributed by atoms with Gasteiger partial charge in [-0.2, -0.15) is 10.0 Å². The number of carbonyl (C=O) groups excluding carboxylic acids is 3. The van der Waals surface area contributed by atoms with Gasteiger partial charge in [-0.05, 0) is 179 Å². The van der Waals surface area contributed by atoms with Gasteiger partial charge in [0.05, 0.1) is 41.3 Å². The number of carbonyl (C=O) groups is 5. The first-order valence-corrected chi connectivity index (χ1v) is 43.3. The smallest absolute Gasteiger partial charge is 0.335 e. The van der Waals surface area contributed by atoms with Gasteiger partial charge in [-0.25, -0.2) is 9.36 Å². The van der Waals surface area contributed by atoms with E-state index in [-0.39, 0.29) is 42.5 Å². The number of thioether (sulfide) groups is 2. The second-order valence-corrected chi connectivity index (χ2v) is 34.7. The highest BCUT2D eigenvalue weighted by molar-refractivity contribution is 8.30. The molecular weight excluding hydrogens is 1550 g/mol. The molecule has 6 aromatic carbocycles. The molecule has 0 bridgehead atoms. The lowest BCUT2D eigenvalue weighted by molar-refractivity contribution is -0.723. The molecule has 5 unspecified atom stereocenters. The molecule has 9 aromatic rings. The number of hydroxylamine groups is 1. The number of thiocarbonyl (C=S) groups is 2. The molecule has 0 radical (unpaired) electrons. The number of nitrogens with one attached hydrogen (secondary N) is 2. The Morgan fingerprint density at radius 1 is 0.603 bits per heavy atom. The number of carboxylic acid groups (broad SMARTS) is 2. The van der Waals surface area contributed by atoms with Crippen LogP contribution in [0.3, 0.4) is 0 Å². The lowest BCUT2D eigenvalue weighted by Gasteiger charge is -2.27. The summed E-state index contributed by atoms with van der Waals surface area (Å²) in [6.07, 6.45) is 34.8. The topological polar surface area (TPSA) is 211 Å². The summed E-state index contributed by atoms with van der Waals surface area (Å²) in [6.45, 7) is 3.94. The van der Waals surface area contributed by atoms with E-state index >= 15 is 0 Å². The standard InChI is InChI=1S/C92H91N9O10S5/c1-60(97-48-43-68(44-49-97)67-41-46-96(47-42-67)50-45-93-111-53-51-98-86(105)82(115-92(98)113)58-66-32-40-80-76(56-66)74-17-13-19-78(74)100(80)70-35-27-62(28-36-70)22-21-61-25-33-69(34-26-61)90(108)109)94-83(102)59-99-87(106)81(114-89(99)85-88(107)95(2)91(112)116-85)57-65-31-39-79-75(55-65)73-16-12-18-77(73)101(79)71-37-29-63(30-38-71)23-24-64-14-11-15-72(54-64)110-52-10-8-6-4-3-5-7-9-20-84(103)104/h11,14-15,21-44,46-49,54-58,60,73-74,77-78,93H,3-10,12-13,16-20,45,50-53,59H2,1-2H3,(H-2,94,102,103,104,108,109)/p+2/b22-21+,24-23+,81-57+,82-58+,89-85+. The fourth-order valence-corrected chi connectivity index (χ4v) is 20.3. The van der Waals surface area contributed by atoms with Crippen molar-refractivity contribution in [2.75, 3.05) is 43.2 Å². The molecule has 5 atom stereocenters. The van der Waals surface area contributed by atoms with Gasteiger partial charge in [0, 0.05) is 91.3 Å². The molecule has 3 aromatic heterocycles. The average molecular weight is 1650 g/mol. The number of aromatic nitrogens is 3. The maximum atomic E-state index is 14.7. The van der Waals surface area contributed by atoms with Crippen molar-refractivity contribution in [3.8, 4) is 16.9 Å². The van der Waals surface area contributed by atoms with Crippen molar-refractivity contribution in [2.45, 2.75) is 146 Å². The second kappa shape index (κ2) is 37.2. The monoisotopic (exact) mass is 1640 g/mol. The highest BCUT2D eigenvalue weighted by atomic mass is 32.2. The van der Waals surface area contributed by atoms with E-state index in [1.165, 1.54) is 55.8 Å². The number of benzene rings is 6. The Kier molecular flexibility index (Phi) is 25.9. The van der Waals surface area contributed by atoms with E-state index in [2.05, 4.69) is 134 Å². The number of thiazole rings is 1. The molecule has 3 amide bonds. The zero-order valence-corrected chi connectivity index (χ0v) is 68.9. The minimum absolute atomic E-state index is 0.131. The van der Waals surface area contributed by atoms with E-state index in [1.54, 1.807) is 36.2 Å². The van der Waals surface area contributed by atoms with Gasteiger partial charge in [0.2, 0.25) is 12.1 Å². The van der Waals surface area contributed by atoms with Crippen LogP contribution in [-0.4, -0.2) is 108 Å². The number of hydrogen-bond donors (Lipinski definition) is 4. The third-order valence-electron chi connectivity index (χ3n) is 22.6. The van der Waals surface area contributed by atoms with E-state index in [0.29, 0.717) is 77.8 Å². The summed E-state index contributed by atoms with van der Waals surface area (Å²) in [5, 5.41) is 21.2. The number of pyridine rings is 2. The molecule has 4 fully saturated rings. The van der Waals surface area contributed by atoms with Crippen LogP contribution in [0.5, 0.6) is 5.75 Å². The maximum Gasteiger partial charge on any atom is 0.335 e. The summed E-state index contributed by atoms with van der Waals surface area (Å²) >= 11 is 14.9. The van der Waals surface area contributed by atoms with Crippen LogP contribution < -0.4 is 49.2 Å². The lowest BCUT2D eigenvalue weighted by Crippen LogP contribution is -2.49. The summed E-state index contributed by atoms with van der Waals surface area (Å²) in [4.78, 5) is 92.9. The maximum absolute atomic E-state index is 14.7. The Hall–Kier alpha value is -10.4. The first-order chi connectivity index (χ1) is 56.4. The second-order valence-electron chi connectivity index (χ2n) is 30.3. The molecular formula is C92H93N9O10S5+2. The lowest BCUT2D eigenvalue weighted by atomic mass is 9.96. The van der Waals surface area contributed by atoms with Crippen LogP contribution in [0.25, 0.3) is 52.5 Å². The first kappa shape index (κ1) is 80.7. The fourth-order valence-electron chi connectivity index (χ4n) is 16.6. The zero-order valence-electron chi connectivity index (χ0n) is 64.9. The van der Waals surface area contributed by atoms with Crippen LogP contribution in [0.4, 0.5) is 22.7 Å². The Balaban J connectivity index is 0.515. The van der Waals surface area contributed by atoms with Crippen LogP contribution in [0.2, 0.25) is 0 Å². The molecule has 2 saturated carbocycles. The van der Waals surface area contributed by atoms with E-state index in [0.717, 1.165) is 163 Å². The number of fused-ring (bicyclic) bond motifs is 6. The summed E-state index contributed by atoms with van der Waals surface area (Å²) < 4.78 is 13.1. The normalized spacial score (nSPS) is 18.8. The third kappa shape index (κ3) is 18.8. The minimum Gasteiger partial charge on any atom is -0.494 e. The van der Waals surface area contributed by atoms with Gasteiger partial charge in [-0.15, -0.1) is 11.3 Å².